The van der Waals surface area contributed by atoms with Crippen molar-refractivity contribution >= 4 is 28.8 Å². The minimum Gasteiger partial charge on any atom is -0.496 e. The maximum Gasteiger partial charge on any atom is 0.282 e. The topological polar surface area (TPSA) is 67.9 Å². The monoisotopic (exact) mass is 442 g/mol. The molecule has 0 unspecified atom stereocenters. The van der Waals surface area contributed by atoms with Crippen molar-refractivity contribution in [3.8, 4) is 11.5 Å². The van der Waals surface area contributed by atoms with Crippen molar-refractivity contribution in [3.63, 3.8) is 0 Å². The van der Waals surface area contributed by atoms with Gasteiger partial charge in [-0.15, -0.1) is 0 Å². The van der Waals surface area contributed by atoms with Crippen molar-refractivity contribution < 1.29 is 19.1 Å². The molecule has 1 N–H and O–H groups in total. The number of nitrogens with one attached hydrogen (secondary N) is 1. The largest absolute Gasteiger partial charge is 0.496 e. The number of para-hydroxylation sites is 1. The predicted octanol–water partition coefficient (Wildman–Crippen LogP) is 5.03. The molecule has 6 heteroatoms. The molecule has 4 rings (SSSR count). The Hall–Kier alpha value is -4.06. The normalized spacial score (nSPS) is 13.5. The van der Waals surface area contributed by atoms with Gasteiger partial charge < -0.3 is 14.8 Å². The van der Waals surface area contributed by atoms with Crippen LogP contribution in [-0.2, 0) is 9.59 Å². The first kappa shape index (κ1) is 22.1. The molecule has 0 saturated heterocycles. The van der Waals surface area contributed by atoms with E-state index < -0.39 is 11.8 Å². The molecule has 0 spiro atoms. The first-order valence-electron chi connectivity index (χ1n) is 10.6. The lowest BCUT2D eigenvalue weighted by atomic mass is 10.0. The second-order valence-electron chi connectivity index (χ2n) is 8.07. The summed E-state index contributed by atoms with van der Waals surface area (Å²) in [7, 11) is 3.06. The molecule has 33 heavy (non-hydrogen) atoms. The molecule has 168 valence electrons. The molecule has 2 amide bonds. The summed E-state index contributed by atoms with van der Waals surface area (Å²) in [5, 5.41) is 3.23. The molecule has 0 bridgehead atoms. The van der Waals surface area contributed by atoms with Gasteiger partial charge in [0, 0.05) is 11.3 Å². The van der Waals surface area contributed by atoms with Crippen LogP contribution in [0.15, 0.2) is 66.4 Å². The number of benzene rings is 3. The predicted molar refractivity (Wildman–Crippen MR) is 130 cm³/mol. The van der Waals surface area contributed by atoms with Crippen LogP contribution in [0.4, 0.5) is 11.4 Å². The summed E-state index contributed by atoms with van der Waals surface area (Å²) < 4.78 is 11.0. The summed E-state index contributed by atoms with van der Waals surface area (Å²) in [5.74, 6) is 0.0463. The first-order valence-corrected chi connectivity index (χ1v) is 10.6. The molecule has 0 atom stereocenters. The van der Waals surface area contributed by atoms with Crippen LogP contribution >= 0.6 is 0 Å². The Morgan fingerprint density at radius 2 is 1.39 bits per heavy atom. The zero-order chi connectivity index (χ0) is 23.7. The fourth-order valence-corrected chi connectivity index (χ4v) is 4.13. The number of hydrogen-bond donors (Lipinski definition) is 1. The first-order chi connectivity index (χ1) is 15.8. The van der Waals surface area contributed by atoms with Gasteiger partial charge in [-0.1, -0.05) is 30.3 Å². The van der Waals surface area contributed by atoms with E-state index in [9.17, 15) is 9.59 Å². The van der Waals surface area contributed by atoms with E-state index in [0.29, 0.717) is 22.7 Å². The van der Waals surface area contributed by atoms with Crippen molar-refractivity contribution in [2.45, 2.75) is 20.8 Å². The smallest absolute Gasteiger partial charge is 0.282 e. The highest BCUT2D eigenvalue weighted by atomic mass is 16.5. The lowest BCUT2D eigenvalue weighted by Crippen LogP contribution is -2.32. The molecule has 0 saturated carbocycles. The minimum absolute atomic E-state index is 0.193. The van der Waals surface area contributed by atoms with Gasteiger partial charge in [-0.2, -0.15) is 0 Å². The molecule has 3 aromatic rings. The molecule has 6 nitrogen and oxygen atoms in total. The van der Waals surface area contributed by atoms with Gasteiger partial charge in [0.2, 0.25) is 0 Å². The SMILES string of the molecule is COc1ccccc1C1=C(Nc2cc(C)cc(C)c2)C(=O)N(c2cc(C)ccc2OC)C1=O. The summed E-state index contributed by atoms with van der Waals surface area (Å²) in [5.41, 5.74) is 5.11. The van der Waals surface area contributed by atoms with Gasteiger partial charge in [-0.05, 0) is 67.8 Å². The highest BCUT2D eigenvalue weighted by Gasteiger charge is 2.42. The van der Waals surface area contributed by atoms with E-state index in [1.54, 1.807) is 31.4 Å². The third kappa shape index (κ3) is 4.07. The minimum atomic E-state index is -0.455. The van der Waals surface area contributed by atoms with E-state index in [0.717, 1.165) is 22.4 Å². The Morgan fingerprint density at radius 3 is 2.06 bits per heavy atom. The van der Waals surface area contributed by atoms with Crippen LogP contribution in [0.1, 0.15) is 22.3 Å². The Balaban J connectivity index is 1.91. The number of ether oxygens (including phenoxy) is 2. The van der Waals surface area contributed by atoms with Crippen LogP contribution in [-0.4, -0.2) is 26.0 Å². The number of rotatable bonds is 6. The number of imide groups is 1. The number of amides is 2. The molecule has 3 aromatic carbocycles. The van der Waals surface area contributed by atoms with E-state index in [-0.39, 0.29) is 11.3 Å². The number of carbonyl (C=O) groups excluding carboxylic acids is 2. The lowest BCUT2D eigenvalue weighted by molar-refractivity contribution is -0.120. The maximum absolute atomic E-state index is 13.8. The highest BCUT2D eigenvalue weighted by molar-refractivity contribution is 6.46. The second kappa shape index (κ2) is 8.82. The molecular weight excluding hydrogens is 416 g/mol. The van der Waals surface area contributed by atoms with Crippen LogP contribution < -0.4 is 19.7 Å². The average molecular weight is 443 g/mol. The van der Waals surface area contributed by atoms with Gasteiger partial charge >= 0.3 is 0 Å². The van der Waals surface area contributed by atoms with Crippen LogP contribution in [0.25, 0.3) is 5.57 Å². The quantitative estimate of drug-likeness (QED) is 0.543. The van der Waals surface area contributed by atoms with Crippen molar-refractivity contribution in [2.75, 3.05) is 24.4 Å². The number of carbonyl (C=O) groups is 2. The fraction of sp³-hybridized carbons (Fsp3) is 0.185. The number of anilines is 2. The Kier molecular flexibility index (Phi) is 5.92. The van der Waals surface area contributed by atoms with Crippen LogP contribution in [0.5, 0.6) is 11.5 Å². The lowest BCUT2D eigenvalue weighted by Gasteiger charge is -2.19. The third-order valence-electron chi connectivity index (χ3n) is 5.53. The zero-order valence-corrected chi connectivity index (χ0v) is 19.4. The van der Waals surface area contributed by atoms with Gasteiger partial charge in [0.1, 0.15) is 17.2 Å². The molecule has 1 aliphatic rings. The number of aryl methyl sites for hydroxylation is 3. The second-order valence-corrected chi connectivity index (χ2v) is 8.07. The molecule has 1 aliphatic heterocycles. The summed E-state index contributed by atoms with van der Waals surface area (Å²) in [6, 6.07) is 18.5. The summed E-state index contributed by atoms with van der Waals surface area (Å²) in [4.78, 5) is 28.7. The molecular formula is C27H26N2O4. The van der Waals surface area contributed by atoms with Crippen molar-refractivity contribution in [3.05, 3.63) is 88.6 Å². The van der Waals surface area contributed by atoms with Gasteiger partial charge in [-0.25, -0.2) is 4.90 Å². The van der Waals surface area contributed by atoms with Crippen LogP contribution in [0.2, 0.25) is 0 Å². The molecule has 1 heterocycles. The number of methoxy groups -OCH3 is 2. The van der Waals surface area contributed by atoms with Crippen molar-refractivity contribution in [1.82, 2.24) is 0 Å². The number of hydrogen-bond acceptors (Lipinski definition) is 5. The highest BCUT2D eigenvalue weighted by Crippen LogP contribution is 2.40. The standard InChI is InChI=1S/C27H26N2O4/c1-16-10-11-23(33-5)21(15-16)29-26(30)24(20-8-6-7-9-22(20)32-4)25(27(29)31)28-19-13-17(2)12-18(3)14-19/h6-15,28H,1-5H3. The Bertz CT molecular complexity index is 1270. The Labute approximate surface area is 193 Å². The van der Waals surface area contributed by atoms with E-state index >= 15 is 0 Å². The van der Waals surface area contributed by atoms with Crippen molar-refractivity contribution in [1.29, 1.82) is 0 Å². The maximum atomic E-state index is 13.8. The van der Waals surface area contributed by atoms with Crippen LogP contribution in [0, 0.1) is 20.8 Å². The van der Waals surface area contributed by atoms with Crippen molar-refractivity contribution in [2.24, 2.45) is 0 Å². The van der Waals surface area contributed by atoms with Gasteiger partial charge in [0.15, 0.2) is 0 Å². The Morgan fingerprint density at radius 1 is 0.727 bits per heavy atom. The summed E-state index contributed by atoms with van der Waals surface area (Å²) in [6.45, 7) is 5.87. The van der Waals surface area contributed by atoms with E-state index in [2.05, 4.69) is 5.32 Å². The number of nitrogens with zero attached hydrogens (tertiary/aromatic N) is 1. The van der Waals surface area contributed by atoms with Gasteiger partial charge in [0.05, 0.1) is 25.5 Å². The van der Waals surface area contributed by atoms with E-state index in [4.69, 9.17) is 9.47 Å². The molecule has 0 radical (unpaired) electrons. The summed E-state index contributed by atoms with van der Waals surface area (Å²) >= 11 is 0. The molecule has 0 fully saturated rings. The third-order valence-corrected chi connectivity index (χ3v) is 5.53. The molecule has 0 aromatic heterocycles. The van der Waals surface area contributed by atoms with Crippen LogP contribution in [0.3, 0.4) is 0 Å². The zero-order valence-electron chi connectivity index (χ0n) is 19.4. The van der Waals surface area contributed by atoms with E-state index in [1.165, 1.54) is 12.0 Å². The van der Waals surface area contributed by atoms with Gasteiger partial charge in [-0.3, -0.25) is 9.59 Å². The summed E-state index contributed by atoms with van der Waals surface area (Å²) in [6.07, 6.45) is 0. The average Bonchev–Trinajstić information content (AvgIpc) is 3.02. The fourth-order valence-electron chi connectivity index (χ4n) is 4.13. The van der Waals surface area contributed by atoms with Gasteiger partial charge in [0.25, 0.3) is 11.8 Å². The van der Waals surface area contributed by atoms with E-state index in [1.807, 2.05) is 57.2 Å². The molecule has 0 aliphatic carbocycles.